The summed E-state index contributed by atoms with van der Waals surface area (Å²) in [5, 5.41) is 4.19. The molecule has 2 rings (SSSR count). The fraction of sp³-hybridized carbons (Fsp3) is 0.545. The van der Waals surface area contributed by atoms with Crippen LogP contribution in [-0.4, -0.2) is 42.1 Å². The summed E-state index contributed by atoms with van der Waals surface area (Å²) in [4.78, 5) is 17.3. The quantitative estimate of drug-likeness (QED) is 0.675. The van der Waals surface area contributed by atoms with Gasteiger partial charge in [-0.05, 0) is 18.5 Å². The summed E-state index contributed by atoms with van der Waals surface area (Å²) in [7, 11) is 0. The van der Waals surface area contributed by atoms with Crippen LogP contribution in [0.5, 0.6) is 0 Å². The molecule has 1 atom stereocenters. The zero-order valence-electron chi connectivity index (χ0n) is 17.5. The van der Waals surface area contributed by atoms with Gasteiger partial charge in [0.25, 0.3) is 0 Å². The molecule has 0 spiro atoms. The van der Waals surface area contributed by atoms with Gasteiger partial charge in [-0.15, -0.1) is 0 Å². The summed E-state index contributed by atoms with van der Waals surface area (Å²) in [6.45, 7) is 15.8. The lowest BCUT2D eigenvalue weighted by molar-refractivity contribution is -0.123. The molecule has 1 amide bonds. The van der Waals surface area contributed by atoms with Crippen molar-refractivity contribution in [3.8, 4) is 11.3 Å². The lowest BCUT2D eigenvalue weighted by atomic mass is 9.95. The summed E-state index contributed by atoms with van der Waals surface area (Å²) in [6, 6.07) is 11.7. The number of carbonyl (C=O) groups excluding carboxylic acids is 1. The maximum atomic E-state index is 13.2. The van der Waals surface area contributed by atoms with Crippen molar-refractivity contribution >= 4 is 11.8 Å². The predicted molar refractivity (Wildman–Crippen MR) is 111 cm³/mol. The smallest absolute Gasteiger partial charge is 0.234 e. The predicted octanol–water partition coefficient (Wildman–Crippen LogP) is 4.70. The van der Waals surface area contributed by atoms with Gasteiger partial charge in [-0.3, -0.25) is 9.69 Å². The van der Waals surface area contributed by atoms with Crippen molar-refractivity contribution in [2.24, 2.45) is 11.3 Å². The summed E-state index contributed by atoms with van der Waals surface area (Å²) < 4.78 is 5.60. The molecule has 0 saturated carbocycles. The fourth-order valence-electron chi connectivity index (χ4n) is 3.09. The van der Waals surface area contributed by atoms with Crippen LogP contribution in [0.1, 0.15) is 41.5 Å². The minimum absolute atomic E-state index is 0.0513. The molecule has 148 valence electrons. The number of benzene rings is 1. The van der Waals surface area contributed by atoms with Crippen LogP contribution in [0.4, 0.5) is 5.88 Å². The Labute approximate surface area is 163 Å². The number of carbonyl (C=O) groups is 1. The van der Waals surface area contributed by atoms with E-state index in [4.69, 9.17) is 4.52 Å². The van der Waals surface area contributed by atoms with Gasteiger partial charge in [-0.1, -0.05) is 77.0 Å². The summed E-state index contributed by atoms with van der Waals surface area (Å²) in [6.07, 6.45) is 0. The van der Waals surface area contributed by atoms with Crippen molar-refractivity contribution < 1.29 is 9.32 Å². The Morgan fingerprint density at radius 1 is 1.15 bits per heavy atom. The van der Waals surface area contributed by atoms with Gasteiger partial charge in [-0.2, -0.15) is 0 Å². The molecule has 0 radical (unpaired) electrons. The van der Waals surface area contributed by atoms with Crippen LogP contribution >= 0.6 is 0 Å². The maximum Gasteiger partial charge on any atom is 0.234 e. The largest absolute Gasteiger partial charge is 0.338 e. The zero-order valence-corrected chi connectivity index (χ0v) is 17.5. The number of amides is 1. The first kappa shape index (κ1) is 21.2. The SMILES string of the molecule is CCN(CC)CC(C)C(=O)N(CC(C)(C)C)c1cc(-c2ccccc2)no1. The van der Waals surface area contributed by atoms with Crippen molar-refractivity contribution in [2.75, 3.05) is 31.1 Å². The number of anilines is 1. The molecule has 1 aromatic heterocycles. The average molecular weight is 372 g/mol. The van der Waals surface area contributed by atoms with E-state index >= 15 is 0 Å². The Hall–Kier alpha value is -2.14. The van der Waals surface area contributed by atoms with Crippen LogP contribution < -0.4 is 4.90 Å². The van der Waals surface area contributed by atoms with Crippen molar-refractivity contribution in [1.29, 1.82) is 0 Å². The Kier molecular flexibility index (Phi) is 7.19. The molecule has 5 nitrogen and oxygen atoms in total. The van der Waals surface area contributed by atoms with Gasteiger partial charge < -0.3 is 9.42 Å². The monoisotopic (exact) mass is 371 g/mol. The highest BCUT2D eigenvalue weighted by Crippen LogP contribution is 2.28. The fourth-order valence-corrected chi connectivity index (χ4v) is 3.09. The average Bonchev–Trinajstić information content (AvgIpc) is 3.13. The first-order chi connectivity index (χ1) is 12.7. The van der Waals surface area contributed by atoms with Crippen molar-refractivity contribution in [3.63, 3.8) is 0 Å². The highest BCUT2D eigenvalue weighted by Gasteiger charge is 2.29. The second kappa shape index (κ2) is 9.18. The van der Waals surface area contributed by atoms with E-state index in [-0.39, 0.29) is 17.2 Å². The van der Waals surface area contributed by atoms with Gasteiger partial charge in [0, 0.05) is 30.6 Å². The van der Waals surface area contributed by atoms with Gasteiger partial charge >= 0.3 is 0 Å². The molecule has 27 heavy (non-hydrogen) atoms. The minimum atomic E-state index is -0.113. The van der Waals surface area contributed by atoms with E-state index in [1.54, 1.807) is 4.90 Å². The van der Waals surface area contributed by atoms with Crippen LogP contribution in [0, 0.1) is 11.3 Å². The van der Waals surface area contributed by atoms with Crippen LogP contribution in [0.15, 0.2) is 40.9 Å². The number of nitrogens with zero attached hydrogens (tertiary/aromatic N) is 3. The molecule has 1 unspecified atom stereocenters. The van der Waals surface area contributed by atoms with E-state index in [2.05, 4.69) is 44.7 Å². The molecule has 0 fully saturated rings. The molecule has 1 aromatic carbocycles. The molecule has 0 saturated heterocycles. The van der Waals surface area contributed by atoms with Crippen LogP contribution in [-0.2, 0) is 4.79 Å². The molecule has 2 aromatic rings. The molecule has 0 N–H and O–H groups in total. The molecule has 0 aliphatic rings. The van der Waals surface area contributed by atoms with Gasteiger partial charge in [0.2, 0.25) is 11.8 Å². The third-order valence-electron chi connectivity index (χ3n) is 4.58. The Balaban J connectivity index is 2.27. The van der Waals surface area contributed by atoms with Crippen molar-refractivity contribution in [1.82, 2.24) is 10.1 Å². The summed E-state index contributed by atoms with van der Waals surface area (Å²) in [5.41, 5.74) is 1.67. The van der Waals surface area contributed by atoms with E-state index in [9.17, 15) is 4.79 Å². The number of hydrogen-bond acceptors (Lipinski definition) is 4. The topological polar surface area (TPSA) is 49.6 Å². The maximum absolute atomic E-state index is 13.2. The highest BCUT2D eigenvalue weighted by atomic mass is 16.5. The van der Waals surface area contributed by atoms with Crippen molar-refractivity contribution in [3.05, 3.63) is 36.4 Å². The van der Waals surface area contributed by atoms with Crippen LogP contribution in [0.2, 0.25) is 0 Å². The number of aromatic nitrogens is 1. The van der Waals surface area contributed by atoms with Crippen LogP contribution in [0.25, 0.3) is 11.3 Å². The zero-order chi connectivity index (χ0) is 20.0. The Morgan fingerprint density at radius 2 is 1.78 bits per heavy atom. The van der Waals surface area contributed by atoms with Gasteiger partial charge in [0.15, 0.2) is 0 Å². The molecule has 0 aliphatic carbocycles. The first-order valence-corrected chi connectivity index (χ1v) is 9.81. The van der Waals surface area contributed by atoms with E-state index in [1.165, 1.54) is 0 Å². The third-order valence-corrected chi connectivity index (χ3v) is 4.58. The third kappa shape index (κ3) is 5.93. The molecule has 0 bridgehead atoms. The summed E-state index contributed by atoms with van der Waals surface area (Å²) in [5.74, 6) is 0.477. The molecule has 5 heteroatoms. The molecular weight excluding hydrogens is 338 g/mol. The Morgan fingerprint density at radius 3 is 2.33 bits per heavy atom. The normalized spacial score (nSPS) is 13.0. The van der Waals surface area contributed by atoms with Crippen LogP contribution in [0.3, 0.4) is 0 Å². The molecule has 1 heterocycles. The van der Waals surface area contributed by atoms with E-state index in [1.807, 2.05) is 43.3 Å². The van der Waals surface area contributed by atoms with Gasteiger partial charge in [-0.25, -0.2) is 0 Å². The number of hydrogen-bond donors (Lipinski definition) is 0. The first-order valence-electron chi connectivity index (χ1n) is 9.81. The van der Waals surface area contributed by atoms with Crippen molar-refractivity contribution in [2.45, 2.75) is 41.5 Å². The standard InChI is InChI=1S/C22H33N3O2/c1-7-24(8-2)15-17(3)21(26)25(16-22(4,5)6)20-14-19(23-27-20)18-12-10-9-11-13-18/h9-14,17H,7-8,15-16H2,1-6H3. The van der Waals surface area contributed by atoms with Gasteiger partial charge in [0.05, 0.1) is 0 Å². The van der Waals surface area contributed by atoms with Gasteiger partial charge in [0.1, 0.15) is 5.69 Å². The summed E-state index contributed by atoms with van der Waals surface area (Å²) >= 11 is 0. The Bertz CT molecular complexity index is 715. The van der Waals surface area contributed by atoms with E-state index in [0.717, 1.165) is 30.9 Å². The lowest BCUT2D eigenvalue weighted by Crippen LogP contribution is -2.44. The number of rotatable bonds is 8. The minimum Gasteiger partial charge on any atom is -0.338 e. The second-order valence-electron chi connectivity index (χ2n) is 8.29. The van der Waals surface area contributed by atoms with E-state index < -0.39 is 0 Å². The molecule has 0 aliphatic heterocycles. The second-order valence-corrected chi connectivity index (χ2v) is 8.29. The van der Waals surface area contributed by atoms with E-state index in [0.29, 0.717) is 12.4 Å². The molecular formula is C22H33N3O2. The highest BCUT2D eigenvalue weighted by molar-refractivity contribution is 5.94. The lowest BCUT2D eigenvalue weighted by Gasteiger charge is -2.31.